The van der Waals surface area contributed by atoms with E-state index < -0.39 is 4.92 Å². The van der Waals surface area contributed by atoms with Crippen LogP contribution in [0.25, 0.3) is 32.8 Å². The van der Waals surface area contributed by atoms with Gasteiger partial charge in [0, 0.05) is 22.9 Å². The van der Waals surface area contributed by atoms with Crippen molar-refractivity contribution in [3.05, 3.63) is 51.8 Å². The highest BCUT2D eigenvalue weighted by Crippen LogP contribution is 2.36. The Bertz CT molecular complexity index is 1040. The molecular weight excluding hydrogens is 292 g/mol. The first-order valence-electron chi connectivity index (χ1n) is 6.20. The largest absolute Gasteiger partial charge is 0.334 e. The van der Waals surface area contributed by atoms with E-state index >= 15 is 0 Å². The van der Waals surface area contributed by atoms with Gasteiger partial charge in [0.25, 0.3) is 5.69 Å². The van der Waals surface area contributed by atoms with Gasteiger partial charge in [-0.25, -0.2) is 9.97 Å². The lowest BCUT2D eigenvalue weighted by Gasteiger charge is -1.97. The standard InChI is InChI=1S/C14H7ClN4O2/c15-9-1-2-11(19(20)21)13-12(9)8-5-7-6-16-4-3-10(7)17-14(8)18-13/h1-6H,(H,17,18)/p+1. The second-order valence-electron chi connectivity index (χ2n) is 4.70. The predicted octanol–water partition coefficient (Wildman–Crippen LogP) is 3.25. The zero-order chi connectivity index (χ0) is 14.6. The molecule has 21 heavy (non-hydrogen) atoms. The predicted molar refractivity (Wildman–Crippen MR) is 79.3 cm³/mol. The first-order valence-corrected chi connectivity index (χ1v) is 6.58. The van der Waals surface area contributed by atoms with Crippen molar-refractivity contribution in [2.75, 3.05) is 0 Å². The van der Waals surface area contributed by atoms with Crippen LogP contribution >= 0.6 is 11.6 Å². The number of benzene rings is 1. The third-order valence-corrected chi connectivity index (χ3v) is 3.82. The van der Waals surface area contributed by atoms with E-state index in [4.69, 9.17) is 11.6 Å². The molecule has 0 spiro atoms. The molecule has 4 rings (SSSR count). The zero-order valence-corrected chi connectivity index (χ0v) is 11.3. The number of hydrogen-bond acceptors (Lipinski definition) is 3. The number of halogens is 1. The highest BCUT2D eigenvalue weighted by molar-refractivity contribution is 6.38. The molecule has 0 fully saturated rings. The highest BCUT2D eigenvalue weighted by atomic mass is 35.5. The summed E-state index contributed by atoms with van der Waals surface area (Å²) >= 11 is 6.23. The van der Waals surface area contributed by atoms with E-state index in [1.54, 1.807) is 6.20 Å². The molecule has 0 unspecified atom stereocenters. The summed E-state index contributed by atoms with van der Waals surface area (Å²) in [5.41, 5.74) is 1.77. The number of hydrogen-bond donors (Lipinski definition) is 1. The number of nitrogens with zero attached hydrogens (tertiary/aromatic N) is 2. The van der Waals surface area contributed by atoms with Crippen molar-refractivity contribution in [2.45, 2.75) is 0 Å². The quantitative estimate of drug-likeness (QED) is 0.432. The minimum absolute atomic E-state index is 0.0111. The number of aromatic amines is 2. The number of nitro benzene ring substituents is 1. The number of nitrogens with one attached hydrogen (secondary N) is 2. The van der Waals surface area contributed by atoms with Crippen LogP contribution in [0.1, 0.15) is 0 Å². The number of rotatable bonds is 1. The molecule has 0 bridgehead atoms. The fraction of sp³-hybridized carbons (Fsp3) is 0. The molecule has 7 heteroatoms. The van der Waals surface area contributed by atoms with E-state index in [0.717, 1.165) is 16.3 Å². The van der Waals surface area contributed by atoms with E-state index in [2.05, 4.69) is 15.0 Å². The molecule has 1 aromatic carbocycles. The molecule has 0 saturated heterocycles. The smallest absolute Gasteiger partial charge is 0.293 e. The fourth-order valence-electron chi connectivity index (χ4n) is 2.57. The van der Waals surface area contributed by atoms with Gasteiger partial charge in [0.05, 0.1) is 20.8 Å². The molecular formula is C14H8ClN4O2+. The Balaban J connectivity index is 2.25. The van der Waals surface area contributed by atoms with Crippen LogP contribution in [-0.4, -0.2) is 14.9 Å². The molecule has 0 saturated carbocycles. The second-order valence-corrected chi connectivity index (χ2v) is 5.11. The summed E-state index contributed by atoms with van der Waals surface area (Å²) in [5.74, 6) is 0. The molecule has 4 aromatic rings. The third kappa shape index (κ3) is 1.66. The van der Waals surface area contributed by atoms with E-state index in [1.807, 2.05) is 18.3 Å². The second kappa shape index (κ2) is 4.13. The van der Waals surface area contributed by atoms with Crippen LogP contribution in [0.15, 0.2) is 36.7 Å². The van der Waals surface area contributed by atoms with Crippen LogP contribution in [0.3, 0.4) is 0 Å². The van der Waals surface area contributed by atoms with Crippen LogP contribution in [0.4, 0.5) is 5.69 Å². The highest BCUT2D eigenvalue weighted by Gasteiger charge is 2.19. The number of nitro groups is 1. The van der Waals surface area contributed by atoms with Crippen LogP contribution in [0.5, 0.6) is 0 Å². The van der Waals surface area contributed by atoms with Gasteiger partial charge in [-0.15, -0.1) is 0 Å². The van der Waals surface area contributed by atoms with Gasteiger partial charge in [0.15, 0.2) is 12.4 Å². The van der Waals surface area contributed by atoms with Crippen molar-refractivity contribution in [3.8, 4) is 0 Å². The summed E-state index contributed by atoms with van der Waals surface area (Å²) < 4.78 is 0. The topological polar surface area (TPSA) is 86.0 Å². The van der Waals surface area contributed by atoms with Gasteiger partial charge in [-0.05, 0) is 12.1 Å². The Hall–Kier alpha value is -2.73. The minimum atomic E-state index is -0.429. The van der Waals surface area contributed by atoms with E-state index in [9.17, 15) is 10.1 Å². The Morgan fingerprint density at radius 3 is 3.00 bits per heavy atom. The number of non-ortho nitro benzene ring substituents is 1. The van der Waals surface area contributed by atoms with Crippen LogP contribution < -0.4 is 4.98 Å². The summed E-state index contributed by atoms with van der Waals surface area (Å²) in [6.45, 7) is 0. The van der Waals surface area contributed by atoms with Crippen LogP contribution in [-0.2, 0) is 0 Å². The SMILES string of the molecule is O=[N+]([O-])c1ccc(Cl)c2c1[nH]c1nc3cc[nH+]cc3cc12. The molecule has 0 aliphatic heterocycles. The summed E-state index contributed by atoms with van der Waals surface area (Å²) in [5, 5.41) is 13.9. The molecule has 0 radical (unpaired) electrons. The summed E-state index contributed by atoms with van der Waals surface area (Å²) in [6.07, 6.45) is 3.60. The van der Waals surface area contributed by atoms with E-state index in [-0.39, 0.29) is 5.69 Å². The van der Waals surface area contributed by atoms with Crippen molar-refractivity contribution in [1.82, 2.24) is 9.97 Å². The molecule has 0 aliphatic carbocycles. The minimum Gasteiger partial charge on any atom is -0.334 e. The van der Waals surface area contributed by atoms with Crippen molar-refractivity contribution in [3.63, 3.8) is 0 Å². The molecule has 2 N–H and O–H groups in total. The van der Waals surface area contributed by atoms with Gasteiger partial charge in [0.1, 0.15) is 11.2 Å². The van der Waals surface area contributed by atoms with Crippen molar-refractivity contribution >= 4 is 50.1 Å². The number of H-pyrrole nitrogens is 2. The molecule has 0 aliphatic rings. The first-order chi connectivity index (χ1) is 10.1. The Kier molecular flexibility index (Phi) is 2.37. The van der Waals surface area contributed by atoms with Crippen molar-refractivity contribution < 1.29 is 9.91 Å². The number of pyridine rings is 2. The fourth-order valence-corrected chi connectivity index (χ4v) is 2.83. The molecule has 102 valence electrons. The molecule has 3 aromatic heterocycles. The third-order valence-electron chi connectivity index (χ3n) is 3.50. The molecule has 0 amide bonds. The lowest BCUT2D eigenvalue weighted by Crippen LogP contribution is -1.98. The van der Waals surface area contributed by atoms with Gasteiger partial charge < -0.3 is 4.98 Å². The average Bonchev–Trinajstić information content (AvgIpc) is 2.83. The van der Waals surface area contributed by atoms with Crippen LogP contribution in [0.2, 0.25) is 5.02 Å². The normalized spacial score (nSPS) is 11.5. The Labute approximate surface area is 122 Å². The lowest BCUT2D eigenvalue weighted by atomic mass is 10.1. The zero-order valence-electron chi connectivity index (χ0n) is 10.6. The maximum atomic E-state index is 11.2. The maximum absolute atomic E-state index is 11.2. The van der Waals surface area contributed by atoms with Gasteiger partial charge in [0.2, 0.25) is 0 Å². The van der Waals surface area contributed by atoms with Gasteiger partial charge in [-0.3, -0.25) is 10.1 Å². The van der Waals surface area contributed by atoms with E-state index in [0.29, 0.717) is 21.6 Å². The molecule has 0 atom stereocenters. The summed E-state index contributed by atoms with van der Waals surface area (Å²) in [6, 6.07) is 6.70. The van der Waals surface area contributed by atoms with Gasteiger partial charge in [-0.2, -0.15) is 0 Å². The first kappa shape index (κ1) is 12.0. The average molecular weight is 300 g/mol. The summed E-state index contributed by atoms with van der Waals surface area (Å²) in [4.78, 5) is 21.2. The Morgan fingerprint density at radius 2 is 2.19 bits per heavy atom. The molecule has 6 nitrogen and oxygen atoms in total. The maximum Gasteiger partial charge on any atom is 0.293 e. The Morgan fingerprint density at radius 1 is 1.33 bits per heavy atom. The van der Waals surface area contributed by atoms with E-state index in [1.165, 1.54) is 12.1 Å². The van der Waals surface area contributed by atoms with Crippen molar-refractivity contribution in [1.29, 1.82) is 0 Å². The van der Waals surface area contributed by atoms with Gasteiger partial charge >= 0.3 is 0 Å². The number of aromatic nitrogens is 3. The molecule has 3 heterocycles. The lowest BCUT2D eigenvalue weighted by molar-refractivity contribution is -0.383. The van der Waals surface area contributed by atoms with Gasteiger partial charge in [-0.1, -0.05) is 11.6 Å². The van der Waals surface area contributed by atoms with Crippen LogP contribution in [0, 0.1) is 10.1 Å². The van der Waals surface area contributed by atoms with Crippen molar-refractivity contribution in [2.24, 2.45) is 0 Å². The monoisotopic (exact) mass is 299 g/mol. The summed E-state index contributed by atoms with van der Waals surface area (Å²) in [7, 11) is 0. The number of fused-ring (bicyclic) bond motifs is 4.